The van der Waals surface area contributed by atoms with Gasteiger partial charge in [0.05, 0.1) is 6.21 Å². The van der Waals surface area contributed by atoms with Crippen LogP contribution in [0.5, 0.6) is 0 Å². The molecule has 1 aromatic rings. The van der Waals surface area contributed by atoms with E-state index in [2.05, 4.69) is 20.5 Å². The Balaban J connectivity index is 3.28. The number of likely N-dealkylation sites (N-methyl/N-ethyl adjacent to an activating group) is 1. The van der Waals surface area contributed by atoms with E-state index < -0.39 is 0 Å². The average Bonchev–Trinajstić information content (AvgIpc) is 2.36. The van der Waals surface area contributed by atoms with Gasteiger partial charge in [0.15, 0.2) is 5.71 Å². The summed E-state index contributed by atoms with van der Waals surface area (Å²) < 4.78 is 0. The highest BCUT2D eigenvalue weighted by molar-refractivity contribution is 6.46. The summed E-state index contributed by atoms with van der Waals surface area (Å²) in [5.74, 6) is -0.384. The molecular weight excluding hydrogens is 222 g/mol. The Morgan fingerprint density at radius 1 is 1.47 bits per heavy atom. The molecule has 6 heteroatoms. The van der Waals surface area contributed by atoms with Crippen molar-refractivity contribution >= 4 is 17.8 Å². The van der Waals surface area contributed by atoms with E-state index >= 15 is 0 Å². The van der Waals surface area contributed by atoms with Crippen LogP contribution in [0, 0.1) is 0 Å². The fraction of sp³-hybridized carbons (Fsp3) is 0.182. The van der Waals surface area contributed by atoms with Crippen LogP contribution in [0.2, 0.25) is 0 Å². The number of oxime groups is 2. The van der Waals surface area contributed by atoms with Crippen LogP contribution >= 0.6 is 0 Å². The molecule has 0 radical (unpaired) electrons. The number of amides is 1. The molecule has 1 rings (SSSR count). The molecule has 17 heavy (non-hydrogen) atoms. The second-order valence-electron chi connectivity index (χ2n) is 3.03. The number of benzene rings is 1. The Bertz CT molecular complexity index is 455. The second kappa shape index (κ2) is 6.26. The molecule has 0 atom stereocenters. The van der Waals surface area contributed by atoms with Crippen molar-refractivity contribution in [3.05, 3.63) is 35.4 Å². The van der Waals surface area contributed by atoms with Crippen LogP contribution < -0.4 is 5.32 Å². The van der Waals surface area contributed by atoms with Crippen LogP contribution in [0.25, 0.3) is 0 Å². The molecule has 0 aromatic heterocycles. The topological polar surface area (TPSA) is 83.3 Å². The summed E-state index contributed by atoms with van der Waals surface area (Å²) in [6.45, 7) is 0. The van der Waals surface area contributed by atoms with Crippen molar-refractivity contribution < 1.29 is 14.8 Å². The SMILES string of the molecule is CNC(=O)/C(=N/OC)c1ccccc1/C=N/O. The maximum atomic E-state index is 11.6. The van der Waals surface area contributed by atoms with Gasteiger partial charge in [-0.05, 0) is 0 Å². The summed E-state index contributed by atoms with van der Waals surface area (Å²) in [5, 5.41) is 17.6. The fourth-order valence-electron chi connectivity index (χ4n) is 1.31. The van der Waals surface area contributed by atoms with Crippen molar-refractivity contribution in [2.24, 2.45) is 10.3 Å². The van der Waals surface area contributed by atoms with Gasteiger partial charge in [-0.2, -0.15) is 0 Å². The monoisotopic (exact) mass is 235 g/mol. The van der Waals surface area contributed by atoms with Crippen LogP contribution in [0.1, 0.15) is 11.1 Å². The molecule has 1 aromatic carbocycles. The highest BCUT2D eigenvalue weighted by Crippen LogP contribution is 2.08. The number of hydrogen-bond acceptors (Lipinski definition) is 5. The molecule has 0 saturated carbocycles. The lowest BCUT2D eigenvalue weighted by atomic mass is 10.0. The molecule has 0 heterocycles. The Kier molecular flexibility index (Phi) is 4.68. The lowest BCUT2D eigenvalue weighted by Crippen LogP contribution is -2.29. The molecule has 2 N–H and O–H groups in total. The van der Waals surface area contributed by atoms with Gasteiger partial charge in [-0.15, -0.1) is 0 Å². The first-order chi connectivity index (χ1) is 8.24. The van der Waals surface area contributed by atoms with Crippen LogP contribution in [-0.2, 0) is 9.63 Å². The third kappa shape index (κ3) is 3.04. The minimum Gasteiger partial charge on any atom is -0.411 e. The molecule has 90 valence electrons. The van der Waals surface area contributed by atoms with E-state index in [1.807, 2.05) is 0 Å². The zero-order chi connectivity index (χ0) is 12.7. The lowest BCUT2D eigenvalue weighted by molar-refractivity contribution is -0.114. The summed E-state index contributed by atoms with van der Waals surface area (Å²) in [6, 6.07) is 6.89. The molecule has 1 amide bonds. The molecule has 0 spiro atoms. The van der Waals surface area contributed by atoms with Crippen molar-refractivity contribution in [2.75, 3.05) is 14.2 Å². The van der Waals surface area contributed by atoms with E-state index in [1.165, 1.54) is 20.4 Å². The Morgan fingerprint density at radius 2 is 2.18 bits per heavy atom. The molecule has 0 aliphatic rings. The maximum absolute atomic E-state index is 11.6. The van der Waals surface area contributed by atoms with Crippen LogP contribution in [0.3, 0.4) is 0 Å². The van der Waals surface area contributed by atoms with Crippen LogP contribution in [0.4, 0.5) is 0 Å². The average molecular weight is 235 g/mol. The van der Waals surface area contributed by atoms with Crippen LogP contribution in [-0.4, -0.2) is 37.2 Å². The predicted octanol–water partition coefficient (Wildman–Crippen LogP) is 0.591. The van der Waals surface area contributed by atoms with Gasteiger partial charge in [0.2, 0.25) is 0 Å². The number of nitrogens with zero attached hydrogens (tertiary/aromatic N) is 2. The molecular formula is C11H13N3O3. The van der Waals surface area contributed by atoms with Gasteiger partial charge in [-0.1, -0.05) is 34.6 Å². The first kappa shape index (κ1) is 12.7. The molecule has 0 unspecified atom stereocenters. The largest absolute Gasteiger partial charge is 0.411 e. The van der Waals surface area contributed by atoms with Crippen molar-refractivity contribution in [1.82, 2.24) is 5.32 Å². The number of rotatable bonds is 4. The van der Waals surface area contributed by atoms with E-state index in [9.17, 15) is 4.79 Å². The summed E-state index contributed by atoms with van der Waals surface area (Å²) >= 11 is 0. The fourth-order valence-corrected chi connectivity index (χ4v) is 1.31. The second-order valence-corrected chi connectivity index (χ2v) is 3.03. The van der Waals surface area contributed by atoms with E-state index in [0.29, 0.717) is 11.1 Å². The molecule has 0 fully saturated rings. The van der Waals surface area contributed by atoms with Crippen molar-refractivity contribution in [3.8, 4) is 0 Å². The normalized spacial score (nSPS) is 11.5. The first-order valence-electron chi connectivity index (χ1n) is 4.84. The van der Waals surface area contributed by atoms with E-state index in [0.717, 1.165) is 0 Å². The van der Waals surface area contributed by atoms with Gasteiger partial charge in [0.1, 0.15) is 7.11 Å². The smallest absolute Gasteiger partial charge is 0.273 e. The highest BCUT2D eigenvalue weighted by atomic mass is 16.6. The zero-order valence-electron chi connectivity index (χ0n) is 9.54. The summed E-state index contributed by atoms with van der Waals surface area (Å²) in [6.07, 6.45) is 1.23. The standard InChI is InChI=1S/C11H13N3O3/c1-12-11(15)10(14-17-2)9-6-4-3-5-8(9)7-13-16/h3-7,16H,1-2H3,(H,12,15)/b13-7+,14-10+. The molecule has 0 aliphatic carbocycles. The third-order valence-electron chi connectivity index (χ3n) is 2.04. The first-order valence-corrected chi connectivity index (χ1v) is 4.84. The van der Waals surface area contributed by atoms with Crippen LogP contribution in [0.15, 0.2) is 34.6 Å². The lowest BCUT2D eigenvalue weighted by Gasteiger charge is -2.06. The number of carbonyl (C=O) groups excluding carboxylic acids is 1. The minimum atomic E-state index is -0.384. The quantitative estimate of drug-likeness (QED) is 0.455. The number of hydrogen-bond donors (Lipinski definition) is 2. The van der Waals surface area contributed by atoms with Crippen molar-refractivity contribution in [3.63, 3.8) is 0 Å². The van der Waals surface area contributed by atoms with E-state index in [-0.39, 0.29) is 11.6 Å². The number of carbonyl (C=O) groups is 1. The summed E-state index contributed by atoms with van der Waals surface area (Å²) in [5.41, 5.74) is 1.20. The molecule has 0 aliphatic heterocycles. The van der Waals surface area contributed by atoms with Gasteiger partial charge < -0.3 is 15.4 Å². The minimum absolute atomic E-state index is 0.116. The molecule has 6 nitrogen and oxygen atoms in total. The van der Waals surface area contributed by atoms with E-state index in [4.69, 9.17) is 5.21 Å². The Labute approximate surface area is 98.6 Å². The van der Waals surface area contributed by atoms with Gasteiger partial charge in [0, 0.05) is 18.2 Å². The van der Waals surface area contributed by atoms with Crippen molar-refractivity contribution in [2.45, 2.75) is 0 Å². The maximum Gasteiger partial charge on any atom is 0.273 e. The number of nitrogens with one attached hydrogen (secondary N) is 1. The molecule has 0 bridgehead atoms. The van der Waals surface area contributed by atoms with Gasteiger partial charge in [-0.25, -0.2) is 0 Å². The highest BCUT2D eigenvalue weighted by Gasteiger charge is 2.16. The van der Waals surface area contributed by atoms with Gasteiger partial charge in [-0.3, -0.25) is 4.79 Å². The summed E-state index contributed by atoms with van der Waals surface area (Å²) in [4.78, 5) is 16.3. The summed E-state index contributed by atoms with van der Waals surface area (Å²) in [7, 11) is 2.85. The predicted molar refractivity (Wildman–Crippen MR) is 63.4 cm³/mol. The third-order valence-corrected chi connectivity index (χ3v) is 2.04. The molecule has 0 saturated heterocycles. The van der Waals surface area contributed by atoms with Gasteiger partial charge in [0.25, 0.3) is 5.91 Å². The van der Waals surface area contributed by atoms with E-state index in [1.54, 1.807) is 24.3 Å². The van der Waals surface area contributed by atoms with Crippen molar-refractivity contribution in [1.29, 1.82) is 0 Å². The Morgan fingerprint density at radius 3 is 2.76 bits per heavy atom. The van der Waals surface area contributed by atoms with Gasteiger partial charge >= 0.3 is 0 Å². The zero-order valence-corrected chi connectivity index (χ0v) is 9.54. The Hall–Kier alpha value is -2.37.